The summed E-state index contributed by atoms with van der Waals surface area (Å²) in [6, 6.07) is 7.85. The lowest BCUT2D eigenvalue weighted by Gasteiger charge is -2.43. The molecule has 3 unspecified atom stereocenters. The van der Waals surface area contributed by atoms with E-state index in [0.29, 0.717) is 23.9 Å². The van der Waals surface area contributed by atoms with Gasteiger partial charge in [0.2, 0.25) is 0 Å². The molecule has 1 saturated heterocycles. The Labute approximate surface area is 205 Å². The van der Waals surface area contributed by atoms with Gasteiger partial charge in [-0.15, -0.1) is 0 Å². The van der Waals surface area contributed by atoms with Gasteiger partial charge in [0.25, 0.3) is 0 Å². The average Bonchev–Trinajstić information content (AvgIpc) is 2.84. The van der Waals surface area contributed by atoms with Crippen LogP contribution in [-0.2, 0) is 5.60 Å². The molecule has 1 aliphatic carbocycles. The van der Waals surface area contributed by atoms with Crippen LogP contribution >= 0.6 is 11.6 Å². The number of urea groups is 1. The maximum absolute atomic E-state index is 13.3. The lowest BCUT2D eigenvalue weighted by atomic mass is 9.74. The van der Waals surface area contributed by atoms with Gasteiger partial charge in [0.15, 0.2) is 0 Å². The number of benzene rings is 1. The van der Waals surface area contributed by atoms with Crippen molar-refractivity contribution in [3.63, 3.8) is 0 Å². The fourth-order valence-electron chi connectivity index (χ4n) is 5.88. The van der Waals surface area contributed by atoms with E-state index in [1.165, 1.54) is 32.1 Å². The van der Waals surface area contributed by atoms with Crippen molar-refractivity contribution in [1.82, 2.24) is 15.5 Å². The Morgan fingerprint density at radius 3 is 2.70 bits per heavy atom. The van der Waals surface area contributed by atoms with Crippen LogP contribution in [0.2, 0.25) is 5.02 Å². The van der Waals surface area contributed by atoms with E-state index in [0.717, 1.165) is 50.8 Å². The van der Waals surface area contributed by atoms with Crippen LogP contribution in [0.3, 0.4) is 0 Å². The zero-order chi connectivity index (χ0) is 23.7. The first-order valence-corrected chi connectivity index (χ1v) is 13.5. The van der Waals surface area contributed by atoms with Gasteiger partial charge in [0.1, 0.15) is 0 Å². The molecule has 33 heavy (non-hydrogen) atoms. The summed E-state index contributed by atoms with van der Waals surface area (Å²) in [7, 11) is 1.96. The van der Waals surface area contributed by atoms with Gasteiger partial charge >= 0.3 is 6.03 Å². The third-order valence-corrected chi connectivity index (χ3v) is 8.06. The lowest BCUT2D eigenvalue weighted by Crippen LogP contribution is -2.55. The number of carbonyl (C=O) groups is 1. The van der Waals surface area contributed by atoms with E-state index in [9.17, 15) is 9.90 Å². The van der Waals surface area contributed by atoms with Crippen molar-refractivity contribution >= 4 is 17.6 Å². The highest BCUT2D eigenvalue weighted by Gasteiger charge is 2.41. The van der Waals surface area contributed by atoms with E-state index in [4.69, 9.17) is 11.6 Å². The largest absolute Gasteiger partial charge is 0.385 e. The Hall–Kier alpha value is -1.30. The molecule has 3 rings (SSSR count). The number of rotatable bonds is 10. The van der Waals surface area contributed by atoms with Crippen molar-refractivity contribution in [3.05, 3.63) is 34.9 Å². The fourth-order valence-corrected chi connectivity index (χ4v) is 6.07. The number of likely N-dealkylation sites (tertiary alicyclic amines) is 1. The van der Waals surface area contributed by atoms with Crippen LogP contribution in [0.5, 0.6) is 0 Å². The number of hydrogen-bond acceptors (Lipinski definition) is 3. The smallest absolute Gasteiger partial charge is 0.317 e. The maximum Gasteiger partial charge on any atom is 0.317 e. The highest BCUT2D eigenvalue weighted by atomic mass is 35.5. The van der Waals surface area contributed by atoms with Crippen LogP contribution in [0.1, 0.15) is 83.1 Å². The second-order valence-corrected chi connectivity index (χ2v) is 10.6. The molecule has 5 nitrogen and oxygen atoms in total. The number of hydrogen-bond donors (Lipinski definition) is 3. The van der Waals surface area contributed by atoms with Crippen molar-refractivity contribution in [1.29, 1.82) is 0 Å². The lowest BCUT2D eigenvalue weighted by molar-refractivity contribution is -0.0557. The molecule has 2 amide bonds. The summed E-state index contributed by atoms with van der Waals surface area (Å²) in [5.74, 6) is 0.554. The second kappa shape index (κ2) is 13.0. The summed E-state index contributed by atoms with van der Waals surface area (Å²) in [4.78, 5) is 15.3. The topological polar surface area (TPSA) is 64.6 Å². The van der Waals surface area contributed by atoms with Gasteiger partial charge in [-0.2, -0.15) is 0 Å². The summed E-state index contributed by atoms with van der Waals surface area (Å²) >= 11 is 6.30. The van der Waals surface area contributed by atoms with Crippen LogP contribution < -0.4 is 10.6 Å². The third-order valence-electron chi connectivity index (χ3n) is 7.82. The maximum atomic E-state index is 13.3. The van der Waals surface area contributed by atoms with Crippen LogP contribution in [-0.4, -0.2) is 48.8 Å². The molecule has 186 valence electrons. The van der Waals surface area contributed by atoms with Gasteiger partial charge in [-0.05, 0) is 62.8 Å². The minimum atomic E-state index is -0.966. The first-order chi connectivity index (χ1) is 16.0. The molecule has 1 aliphatic heterocycles. The highest BCUT2D eigenvalue weighted by Crippen LogP contribution is 2.40. The number of likely N-dealkylation sites (N-methyl/N-ethyl adjacent to an activating group) is 1. The molecule has 0 bridgehead atoms. The monoisotopic (exact) mass is 477 g/mol. The number of halogens is 1. The fraction of sp³-hybridized carbons (Fsp3) is 0.741. The third kappa shape index (κ3) is 7.10. The van der Waals surface area contributed by atoms with Crippen molar-refractivity contribution in [2.75, 3.05) is 26.7 Å². The van der Waals surface area contributed by atoms with Gasteiger partial charge in [0.05, 0.1) is 5.60 Å². The van der Waals surface area contributed by atoms with Crippen LogP contribution in [0.25, 0.3) is 0 Å². The van der Waals surface area contributed by atoms with Crippen molar-refractivity contribution < 1.29 is 9.90 Å². The molecule has 1 aromatic carbocycles. The molecule has 6 heteroatoms. The minimum Gasteiger partial charge on any atom is -0.385 e. The number of nitrogens with one attached hydrogen (secondary N) is 2. The summed E-state index contributed by atoms with van der Waals surface area (Å²) in [6.07, 6.45) is 11.9. The van der Waals surface area contributed by atoms with Gasteiger partial charge < -0.3 is 20.6 Å². The normalized spacial score (nSPS) is 22.5. The molecular formula is C27H44ClN3O2. The molecule has 0 radical (unpaired) electrons. The quantitative estimate of drug-likeness (QED) is 0.379. The van der Waals surface area contributed by atoms with Gasteiger partial charge in [-0.1, -0.05) is 69.2 Å². The molecule has 0 aromatic heterocycles. The van der Waals surface area contributed by atoms with Crippen molar-refractivity contribution in [2.45, 2.75) is 89.2 Å². The summed E-state index contributed by atoms with van der Waals surface area (Å²) in [6.45, 7) is 4.31. The number of piperidine rings is 1. The second-order valence-electron chi connectivity index (χ2n) is 10.2. The Morgan fingerprint density at radius 1 is 1.21 bits per heavy atom. The number of aliphatic hydroxyl groups is 1. The Morgan fingerprint density at radius 2 is 2.00 bits per heavy atom. The SMILES string of the molecule is CCCCCC(O)(c1cccc(Cl)c1)C1CCCN(C(=O)NC(CNC)C2CCCCC2)C1. The highest BCUT2D eigenvalue weighted by molar-refractivity contribution is 6.30. The van der Waals surface area contributed by atoms with E-state index < -0.39 is 5.60 Å². The molecule has 1 saturated carbocycles. The number of nitrogens with zero attached hydrogens (tertiary/aromatic N) is 1. The molecular weight excluding hydrogens is 434 g/mol. The molecule has 2 fully saturated rings. The van der Waals surface area contributed by atoms with Crippen LogP contribution in [0.4, 0.5) is 4.79 Å². The van der Waals surface area contributed by atoms with E-state index in [2.05, 4.69) is 17.6 Å². The average molecular weight is 478 g/mol. The van der Waals surface area contributed by atoms with Crippen molar-refractivity contribution in [2.24, 2.45) is 11.8 Å². The zero-order valence-electron chi connectivity index (χ0n) is 20.6. The van der Waals surface area contributed by atoms with E-state index >= 15 is 0 Å². The predicted octanol–water partition coefficient (Wildman–Crippen LogP) is 5.70. The number of amides is 2. The summed E-state index contributed by atoms with van der Waals surface area (Å²) < 4.78 is 0. The van der Waals surface area contributed by atoms with Gasteiger partial charge in [0, 0.05) is 36.6 Å². The Kier molecular flexibility index (Phi) is 10.3. The standard InChI is InChI=1S/C27H44ClN3O2/c1-3-4-8-16-27(33,22-13-9-15-24(28)18-22)23-14-10-17-31(20-23)26(32)30-25(19-29-2)21-11-6-5-7-12-21/h9,13,15,18,21,23,25,29,33H,3-8,10-12,14,16-17,19-20H2,1-2H3,(H,30,32). The molecule has 0 spiro atoms. The predicted molar refractivity (Wildman–Crippen MR) is 137 cm³/mol. The van der Waals surface area contributed by atoms with Gasteiger partial charge in [-0.25, -0.2) is 4.79 Å². The Balaban J connectivity index is 1.72. The summed E-state index contributed by atoms with van der Waals surface area (Å²) in [5.41, 5.74) is -0.0825. The van der Waals surface area contributed by atoms with Crippen molar-refractivity contribution in [3.8, 4) is 0 Å². The minimum absolute atomic E-state index is 0.00440. The summed E-state index contributed by atoms with van der Waals surface area (Å²) in [5, 5.41) is 19.3. The number of carbonyl (C=O) groups excluding carboxylic acids is 1. The first kappa shape index (κ1) is 26.3. The van der Waals surface area contributed by atoms with E-state index in [1.54, 1.807) is 0 Å². The first-order valence-electron chi connectivity index (χ1n) is 13.2. The van der Waals surface area contributed by atoms with E-state index in [1.807, 2.05) is 36.2 Å². The van der Waals surface area contributed by atoms with Gasteiger partial charge in [-0.3, -0.25) is 0 Å². The molecule has 1 heterocycles. The van der Waals surface area contributed by atoms with Crippen LogP contribution in [0.15, 0.2) is 24.3 Å². The molecule has 3 N–H and O–H groups in total. The molecule has 2 aliphatic rings. The van der Waals surface area contributed by atoms with E-state index in [-0.39, 0.29) is 18.0 Å². The van der Waals surface area contributed by atoms with Crippen LogP contribution in [0, 0.1) is 11.8 Å². The molecule has 3 atom stereocenters. The number of unbranched alkanes of at least 4 members (excludes halogenated alkanes) is 2. The Bertz CT molecular complexity index is 740. The molecule has 1 aromatic rings. The zero-order valence-corrected chi connectivity index (χ0v) is 21.4.